The molecule has 0 aliphatic rings. The SMILES string of the molecule is C=C(C)C(=O)OCC(O)COC[C@@H](OCC(O)COC(=O)C(=C)C)[C@H](OCC(O)COC(=O)C(=C)C)[C@@H](CO)OCC(O)COC(=O)C(=C)C. The summed E-state index contributed by atoms with van der Waals surface area (Å²) in [5.74, 6) is -3.00. The van der Waals surface area contributed by atoms with Gasteiger partial charge in [-0.2, -0.15) is 0 Å². The van der Waals surface area contributed by atoms with Crippen molar-refractivity contribution in [3.8, 4) is 0 Å². The minimum absolute atomic E-state index is 0.0897. The van der Waals surface area contributed by atoms with Crippen molar-refractivity contribution < 1.29 is 82.6 Å². The van der Waals surface area contributed by atoms with Gasteiger partial charge in [0, 0.05) is 22.3 Å². The van der Waals surface area contributed by atoms with Crippen molar-refractivity contribution >= 4 is 23.9 Å². The number of esters is 4. The smallest absolute Gasteiger partial charge is 0.333 e. The van der Waals surface area contributed by atoms with Crippen LogP contribution in [0.4, 0.5) is 0 Å². The van der Waals surface area contributed by atoms with Crippen LogP contribution < -0.4 is 0 Å². The Bertz CT molecular complexity index is 1140. The van der Waals surface area contributed by atoms with Gasteiger partial charge < -0.3 is 63.4 Å². The largest absolute Gasteiger partial charge is 0.460 e. The van der Waals surface area contributed by atoms with Crippen LogP contribution in [-0.4, -0.2) is 158 Å². The van der Waals surface area contributed by atoms with Gasteiger partial charge in [-0.25, -0.2) is 19.2 Å². The van der Waals surface area contributed by atoms with E-state index in [0.29, 0.717) is 0 Å². The Balaban J connectivity index is 6.02. The number of hydrogen-bond donors (Lipinski definition) is 5. The molecule has 17 nitrogen and oxygen atoms in total. The van der Waals surface area contributed by atoms with Crippen LogP contribution in [0, 0.1) is 0 Å². The maximum atomic E-state index is 11.8. The van der Waals surface area contributed by atoms with Crippen LogP contribution >= 0.6 is 0 Å². The summed E-state index contributed by atoms with van der Waals surface area (Å²) >= 11 is 0. The lowest BCUT2D eigenvalue weighted by Crippen LogP contribution is -2.49. The van der Waals surface area contributed by atoms with Gasteiger partial charge in [0.05, 0.1) is 39.6 Å². The first kappa shape index (κ1) is 46.5. The quantitative estimate of drug-likeness (QED) is 0.0372. The number of rotatable bonds is 28. The van der Waals surface area contributed by atoms with E-state index >= 15 is 0 Å². The Kier molecular flexibility index (Phi) is 23.6. The van der Waals surface area contributed by atoms with Gasteiger partial charge in [-0.15, -0.1) is 0 Å². The Morgan fingerprint density at radius 1 is 0.460 bits per heavy atom. The van der Waals surface area contributed by atoms with Crippen molar-refractivity contribution in [2.75, 3.05) is 66.1 Å². The number of aliphatic hydroxyl groups is 5. The molecule has 0 aliphatic carbocycles. The van der Waals surface area contributed by atoms with Crippen molar-refractivity contribution in [1.82, 2.24) is 0 Å². The molecule has 0 bridgehead atoms. The van der Waals surface area contributed by atoms with E-state index in [2.05, 4.69) is 26.3 Å². The van der Waals surface area contributed by atoms with E-state index in [1.807, 2.05) is 0 Å². The Labute approximate surface area is 291 Å². The van der Waals surface area contributed by atoms with Gasteiger partial charge in [0.15, 0.2) is 0 Å². The average molecular weight is 721 g/mol. The molecule has 17 heteroatoms. The maximum Gasteiger partial charge on any atom is 0.333 e. The maximum absolute atomic E-state index is 11.8. The molecule has 0 aromatic heterocycles. The number of aliphatic hydroxyl groups excluding tert-OH is 5. The van der Waals surface area contributed by atoms with Crippen molar-refractivity contribution in [2.45, 2.75) is 70.4 Å². The van der Waals surface area contributed by atoms with Gasteiger partial charge in [-0.05, 0) is 27.7 Å². The van der Waals surface area contributed by atoms with Crippen molar-refractivity contribution in [3.63, 3.8) is 0 Å². The first-order valence-corrected chi connectivity index (χ1v) is 15.5. The molecule has 7 atom stereocenters. The summed E-state index contributed by atoms with van der Waals surface area (Å²) in [6.07, 6.45) is -9.40. The Hall–Kier alpha value is -3.52. The molecule has 4 unspecified atom stereocenters. The zero-order chi connectivity index (χ0) is 38.4. The van der Waals surface area contributed by atoms with Crippen molar-refractivity contribution in [2.24, 2.45) is 0 Å². The van der Waals surface area contributed by atoms with Crippen LogP contribution in [0.15, 0.2) is 48.6 Å². The molecule has 5 N–H and O–H groups in total. The minimum atomic E-state index is -1.40. The highest BCUT2D eigenvalue weighted by molar-refractivity contribution is 5.88. The second-order valence-electron chi connectivity index (χ2n) is 11.4. The summed E-state index contributed by atoms with van der Waals surface area (Å²) in [4.78, 5) is 46.9. The summed E-state index contributed by atoms with van der Waals surface area (Å²) in [5.41, 5.74) is 0.400. The second-order valence-corrected chi connectivity index (χ2v) is 11.4. The van der Waals surface area contributed by atoms with Gasteiger partial charge in [0.2, 0.25) is 0 Å². The molecule has 0 saturated carbocycles. The highest BCUT2D eigenvalue weighted by Crippen LogP contribution is 2.16. The molecule has 0 amide bonds. The van der Waals surface area contributed by atoms with E-state index in [4.69, 9.17) is 37.9 Å². The Morgan fingerprint density at radius 2 is 0.760 bits per heavy atom. The van der Waals surface area contributed by atoms with Crippen LogP contribution in [0.2, 0.25) is 0 Å². The molecular formula is C33H52O17. The highest BCUT2D eigenvalue weighted by atomic mass is 16.6. The summed E-state index contributed by atoms with van der Waals surface area (Å²) in [6.45, 7) is 14.5. The molecule has 0 saturated heterocycles. The molecule has 0 radical (unpaired) electrons. The van der Waals surface area contributed by atoms with Crippen LogP contribution in [0.1, 0.15) is 27.7 Å². The lowest BCUT2D eigenvalue weighted by atomic mass is 10.1. The van der Waals surface area contributed by atoms with E-state index in [1.165, 1.54) is 27.7 Å². The normalized spacial score (nSPS) is 15.3. The van der Waals surface area contributed by atoms with Crippen LogP contribution in [0.3, 0.4) is 0 Å². The van der Waals surface area contributed by atoms with Crippen LogP contribution in [0.25, 0.3) is 0 Å². The molecule has 0 rings (SSSR count). The first-order valence-electron chi connectivity index (χ1n) is 15.5. The third-order valence-electron chi connectivity index (χ3n) is 6.01. The molecule has 0 aromatic rings. The second kappa shape index (κ2) is 25.4. The summed E-state index contributed by atoms with van der Waals surface area (Å²) < 4.78 is 42.6. The molecule has 0 spiro atoms. The average Bonchev–Trinajstić information content (AvgIpc) is 3.06. The molecule has 286 valence electrons. The lowest BCUT2D eigenvalue weighted by Gasteiger charge is -2.34. The zero-order valence-corrected chi connectivity index (χ0v) is 29.1. The van der Waals surface area contributed by atoms with E-state index in [1.54, 1.807) is 0 Å². The predicted octanol–water partition coefficient (Wildman–Crippen LogP) is -0.928. The summed E-state index contributed by atoms with van der Waals surface area (Å²) in [6, 6.07) is 0. The fourth-order valence-corrected chi connectivity index (χ4v) is 3.33. The molecule has 0 fully saturated rings. The van der Waals surface area contributed by atoms with E-state index in [9.17, 15) is 44.7 Å². The number of hydrogen-bond acceptors (Lipinski definition) is 17. The summed E-state index contributed by atoms with van der Waals surface area (Å²) in [7, 11) is 0. The highest BCUT2D eigenvalue weighted by Gasteiger charge is 2.34. The van der Waals surface area contributed by atoms with Gasteiger partial charge in [-0.3, -0.25) is 0 Å². The monoisotopic (exact) mass is 720 g/mol. The van der Waals surface area contributed by atoms with Gasteiger partial charge in [-0.1, -0.05) is 26.3 Å². The van der Waals surface area contributed by atoms with Gasteiger partial charge in [0.1, 0.15) is 69.2 Å². The third-order valence-corrected chi connectivity index (χ3v) is 6.01. The topological polar surface area (TPSA) is 243 Å². The molecule has 50 heavy (non-hydrogen) atoms. The third kappa shape index (κ3) is 20.9. The Morgan fingerprint density at radius 3 is 1.08 bits per heavy atom. The van der Waals surface area contributed by atoms with E-state index in [0.717, 1.165) is 0 Å². The first-order chi connectivity index (χ1) is 23.4. The lowest BCUT2D eigenvalue weighted by molar-refractivity contribution is -0.191. The van der Waals surface area contributed by atoms with Gasteiger partial charge >= 0.3 is 23.9 Å². The van der Waals surface area contributed by atoms with Crippen LogP contribution in [0.5, 0.6) is 0 Å². The fourth-order valence-electron chi connectivity index (χ4n) is 3.33. The number of carbonyl (C=O) groups is 4. The summed E-state index contributed by atoms with van der Waals surface area (Å²) in [5, 5.41) is 51.7. The fraction of sp³-hybridized carbons (Fsp3) is 0.636. The van der Waals surface area contributed by atoms with Crippen LogP contribution in [-0.2, 0) is 57.1 Å². The minimum Gasteiger partial charge on any atom is -0.460 e. The molecular weight excluding hydrogens is 668 g/mol. The molecule has 0 aliphatic heterocycles. The van der Waals surface area contributed by atoms with Crippen molar-refractivity contribution in [1.29, 1.82) is 0 Å². The predicted molar refractivity (Wildman–Crippen MR) is 174 cm³/mol. The van der Waals surface area contributed by atoms with E-state index < -0.39 is 133 Å². The number of carbonyl (C=O) groups excluding carboxylic acids is 4. The molecule has 0 heterocycles. The molecule has 0 aromatic carbocycles. The standard InChI is InChI=1S/C33H52O17/c1-19(2)30(39)47-14-23(35)10-43-18-28(45-12-25(37)16-49-32(41)21(5)6)29(46-13-26(38)17-50-33(42)22(7)8)27(9-34)44-11-24(36)15-48-31(40)20(3)4/h23-29,34-38H,1,3,5,7,9-18H2,2,4,6,8H3/t23?,24?,25?,26?,27-,28-,29-/m1/s1. The van der Waals surface area contributed by atoms with Gasteiger partial charge in [0.25, 0.3) is 0 Å². The van der Waals surface area contributed by atoms with Crippen molar-refractivity contribution in [3.05, 3.63) is 48.6 Å². The van der Waals surface area contributed by atoms with E-state index in [-0.39, 0.29) is 22.3 Å². The number of ether oxygens (including phenoxy) is 8. The zero-order valence-electron chi connectivity index (χ0n) is 29.1.